The summed E-state index contributed by atoms with van der Waals surface area (Å²) in [5, 5.41) is 0.274. The number of carbonyl (C=O) groups excluding carboxylic acids is 2. The minimum Gasteiger partial charge on any atom is -0.493 e. The Kier molecular flexibility index (Phi) is 8.07. The van der Waals surface area contributed by atoms with Crippen molar-refractivity contribution in [2.45, 2.75) is 20.4 Å². The average Bonchev–Trinajstić information content (AvgIpc) is 2.71. The van der Waals surface area contributed by atoms with Crippen molar-refractivity contribution >= 4 is 23.5 Å². The molecular formula is C20H23ClN2O5. The molecule has 0 saturated carbocycles. The first kappa shape index (κ1) is 21.5. The quantitative estimate of drug-likeness (QED) is 0.469. The van der Waals surface area contributed by atoms with Gasteiger partial charge in [0.25, 0.3) is 5.91 Å². The normalized spacial score (nSPS) is 10.3. The van der Waals surface area contributed by atoms with Crippen LogP contribution in [0.2, 0.25) is 5.15 Å². The van der Waals surface area contributed by atoms with E-state index in [-0.39, 0.29) is 23.2 Å². The summed E-state index contributed by atoms with van der Waals surface area (Å²) in [6, 6.07) is 8.48. The van der Waals surface area contributed by atoms with Crippen LogP contribution in [-0.4, -0.2) is 48.6 Å². The summed E-state index contributed by atoms with van der Waals surface area (Å²) < 4.78 is 15.9. The Labute approximate surface area is 169 Å². The zero-order valence-electron chi connectivity index (χ0n) is 16.1. The summed E-state index contributed by atoms with van der Waals surface area (Å²) in [4.78, 5) is 29.9. The predicted molar refractivity (Wildman–Crippen MR) is 105 cm³/mol. The predicted octanol–water partition coefficient (Wildman–Crippen LogP) is 3.35. The third-order valence-corrected chi connectivity index (χ3v) is 4.15. The van der Waals surface area contributed by atoms with Crippen LogP contribution in [0.15, 0.2) is 36.5 Å². The lowest BCUT2D eigenvalue weighted by atomic mass is 10.2. The largest absolute Gasteiger partial charge is 0.493 e. The first-order valence-corrected chi connectivity index (χ1v) is 9.22. The molecule has 1 aromatic carbocycles. The van der Waals surface area contributed by atoms with Gasteiger partial charge >= 0.3 is 5.97 Å². The van der Waals surface area contributed by atoms with E-state index < -0.39 is 5.97 Å². The number of rotatable bonds is 9. The molecule has 0 saturated heterocycles. The average molecular weight is 407 g/mol. The number of carbonyl (C=O) groups is 2. The number of esters is 1. The van der Waals surface area contributed by atoms with Crippen LogP contribution in [-0.2, 0) is 16.1 Å². The highest BCUT2D eigenvalue weighted by Crippen LogP contribution is 2.28. The minimum absolute atomic E-state index is 0.233. The molecule has 2 aromatic rings. The van der Waals surface area contributed by atoms with Gasteiger partial charge in [0.15, 0.2) is 18.1 Å². The van der Waals surface area contributed by atoms with E-state index in [1.54, 1.807) is 12.0 Å². The Morgan fingerprint density at radius 3 is 2.54 bits per heavy atom. The van der Waals surface area contributed by atoms with Gasteiger partial charge < -0.3 is 19.1 Å². The van der Waals surface area contributed by atoms with Crippen molar-refractivity contribution in [3.8, 4) is 11.5 Å². The van der Waals surface area contributed by atoms with E-state index in [2.05, 4.69) is 4.98 Å². The number of methoxy groups -OCH3 is 1. The number of halogens is 1. The molecule has 1 heterocycles. The molecule has 0 bridgehead atoms. The minimum atomic E-state index is -0.628. The highest BCUT2D eigenvalue weighted by atomic mass is 35.5. The molecule has 0 unspecified atom stereocenters. The number of amides is 1. The van der Waals surface area contributed by atoms with Crippen molar-refractivity contribution in [3.05, 3.63) is 52.8 Å². The number of benzene rings is 1. The first-order valence-electron chi connectivity index (χ1n) is 8.84. The molecule has 1 aromatic heterocycles. The van der Waals surface area contributed by atoms with Crippen LogP contribution >= 0.6 is 11.6 Å². The van der Waals surface area contributed by atoms with Crippen LogP contribution in [0.25, 0.3) is 0 Å². The number of aromatic nitrogens is 1. The summed E-state index contributed by atoms with van der Waals surface area (Å²) in [5.74, 6) is 0.320. The second-order valence-corrected chi connectivity index (χ2v) is 6.16. The molecular weight excluding hydrogens is 384 g/mol. The summed E-state index contributed by atoms with van der Waals surface area (Å²) in [7, 11) is 1.56. The molecule has 0 radical (unpaired) electrons. The van der Waals surface area contributed by atoms with Crippen molar-refractivity contribution in [1.82, 2.24) is 9.88 Å². The van der Waals surface area contributed by atoms with Crippen molar-refractivity contribution in [1.29, 1.82) is 0 Å². The van der Waals surface area contributed by atoms with Gasteiger partial charge in [0.1, 0.15) is 5.15 Å². The van der Waals surface area contributed by atoms with Crippen molar-refractivity contribution in [2.75, 3.05) is 26.9 Å². The monoisotopic (exact) mass is 406 g/mol. The molecule has 0 aliphatic carbocycles. The molecule has 0 spiro atoms. The van der Waals surface area contributed by atoms with E-state index in [1.165, 1.54) is 18.3 Å². The summed E-state index contributed by atoms with van der Waals surface area (Å²) >= 11 is 5.69. The SMILES string of the molecule is CCOc1ccc(CN(CC)C(=O)COC(=O)c2ccc(Cl)nc2)cc1OC. The fourth-order valence-corrected chi connectivity index (χ4v) is 2.59. The number of ether oxygens (including phenoxy) is 3. The van der Waals surface area contributed by atoms with Gasteiger partial charge in [-0.2, -0.15) is 0 Å². The fraction of sp³-hybridized carbons (Fsp3) is 0.350. The van der Waals surface area contributed by atoms with Crippen LogP contribution in [0.4, 0.5) is 0 Å². The lowest BCUT2D eigenvalue weighted by Gasteiger charge is -2.21. The van der Waals surface area contributed by atoms with Crippen LogP contribution in [0.3, 0.4) is 0 Å². The van der Waals surface area contributed by atoms with Gasteiger partial charge in [0.05, 0.1) is 19.3 Å². The third-order valence-electron chi connectivity index (χ3n) is 3.93. The Morgan fingerprint density at radius 1 is 1.14 bits per heavy atom. The van der Waals surface area contributed by atoms with Gasteiger partial charge in [0, 0.05) is 19.3 Å². The topological polar surface area (TPSA) is 78.0 Å². The zero-order valence-corrected chi connectivity index (χ0v) is 16.9. The number of likely N-dealkylation sites (N-methyl/N-ethyl adjacent to an activating group) is 1. The third kappa shape index (κ3) is 5.85. The molecule has 7 nitrogen and oxygen atoms in total. The molecule has 0 aliphatic heterocycles. The second kappa shape index (κ2) is 10.5. The lowest BCUT2D eigenvalue weighted by molar-refractivity contribution is -0.134. The van der Waals surface area contributed by atoms with Gasteiger partial charge in [0.2, 0.25) is 0 Å². The maximum Gasteiger partial charge on any atom is 0.340 e. The molecule has 0 N–H and O–H groups in total. The Hall–Kier alpha value is -2.80. The summed E-state index contributed by atoms with van der Waals surface area (Å²) in [5.41, 5.74) is 1.11. The van der Waals surface area contributed by atoms with E-state index in [1.807, 2.05) is 32.0 Å². The molecule has 2 rings (SSSR count). The zero-order chi connectivity index (χ0) is 20.5. The fourth-order valence-electron chi connectivity index (χ4n) is 2.48. The van der Waals surface area contributed by atoms with Crippen molar-refractivity contribution in [2.24, 2.45) is 0 Å². The number of hydrogen-bond donors (Lipinski definition) is 0. The number of pyridine rings is 1. The smallest absolute Gasteiger partial charge is 0.340 e. The van der Waals surface area contributed by atoms with Crippen LogP contribution in [0.5, 0.6) is 11.5 Å². The van der Waals surface area contributed by atoms with Gasteiger partial charge in [-0.1, -0.05) is 17.7 Å². The lowest BCUT2D eigenvalue weighted by Crippen LogP contribution is -2.34. The van der Waals surface area contributed by atoms with Crippen LogP contribution < -0.4 is 9.47 Å². The Balaban J connectivity index is 1.97. The van der Waals surface area contributed by atoms with Crippen LogP contribution in [0.1, 0.15) is 29.8 Å². The van der Waals surface area contributed by atoms with E-state index in [4.69, 9.17) is 25.8 Å². The highest BCUT2D eigenvalue weighted by molar-refractivity contribution is 6.29. The molecule has 0 fully saturated rings. The highest BCUT2D eigenvalue weighted by Gasteiger charge is 2.17. The van der Waals surface area contributed by atoms with E-state index in [0.717, 1.165) is 5.56 Å². The molecule has 1 amide bonds. The molecule has 150 valence electrons. The summed E-state index contributed by atoms with van der Waals surface area (Å²) in [6.45, 7) is 4.75. The standard InChI is InChI=1S/C20H23ClN2O5/c1-4-23(12-14-6-8-16(27-5-2)17(10-14)26-3)19(24)13-28-20(25)15-7-9-18(21)22-11-15/h6-11H,4-5,12-13H2,1-3H3. The van der Waals surface area contributed by atoms with E-state index in [9.17, 15) is 9.59 Å². The van der Waals surface area contributed by atoms with Crippen molar-refractivity contribution in [3.63, 3.8) is 0 Å². The van der Waals surface area contributed by atoms with Gasteiger partial charge in [-0.25, -0.2) is 9.78 Å². The van der Waals surface area contributed by atoms with E-state index in [0.29, 0.717) is 31.2 Å². The Bertz CT molecular complexity index is 811. The van der Waals surface area contributed by atoms with Gasteiger partial charge in [-0.05, 0) is 43.7 Å². The maximum atomic E-state index is 12.4. The maximum absolute atomic E-state index is 12.4. The van der Waals surface area contributed by atoms with Crippen molar-refractivity contribution < 1.29 is 23.8 Å². The molecule has 8 heteroatoms. The van der Waals surface area contributed by atoms with Gasteiger partial charge in [-0.3, -0.25) is 4.79 Å². The molecule has 0 aliphatic rings. The number of hydrogen-bond acceptors (Lipinski definition) is 6. The second-order valence-electron chi connectivity index (χ2n) is 5.77. The van der Waals surface area contributed by atoms with Gasteiger partial charge in [-0.15, -0.1) is 0 Å². The first-order chi connectivity index (χ1) is 13.5. The molecule has 0 atom stereocenters. The van der Waals surface area contributed by atoms with E-state index >= 15 is 0 Å². The molecule has 28 heavy (non-hydrogen) atoms. The number of nitrogens with zero attached hydrogens (tertiary/aromatic N) is 2. The summed E-state index contributed by atoms with van der Waals surface area (Å²) in [6.07, 6.45) is 1.30. The van der Waals surface area contributed by atoms with Crippen LogP contribution in [0, 0.1) is 0 Å². The Morgan fingerprint density at radius 2 is 1.93 bits per heavy atom.